The van der Waals surface area contributed by atoms with E-state index in [1.54, 1.807) is 17.0 Å². The van der Waals surface area contributed by atoms with Crippen molar-refractivity contribution in [3.8, 4) is 5.75 Å². The molecule has 2 aromatic heterocycles. The van der Waals surface area contributed by atoms with E-state index in [9.17, 15) is 9.59 Å². The van der Waals surface area contributed by atoms with E-state index >= 15 is 0 Å². The zero-order chi connectivity index (χ0) is 20.0. The molecule has 28 heavy (non-hydrogen) atoms. The lowest BCUT2D eigenvalue weighted by molar-refractivity contribution is -0.124. The maximum atomic E-state index is 13.3. The van der Waals surface area contributed by atoms with Crippen LogP contribution in [0.15, 0.2) is 30.3 Å². The summed E-state index contributed by atoms with van der Waals surface area (Å²) < 4.78 is 7.62. The van der Waals surface area contributed by atoms with Crippen molar-refractivity contribution in [1.82, 2.24) is 9.78 Å². The third kappa shape index (κ3) is 3.13. The SMILES string of the molecule is Cc1nn(CC(C)C)c2sc(C(=O)N3C[C@@H](C(N)=O)Oc4ccccc43)cc12. The van der Waals surface area contributed by atoms with E-state index in [2.05, 4.69) is 18.9 Å². The van der Waals surface area contributed by atoms with Crippen LogP contribution >= 0.6 is 11.3 Å². The largest absolute Gasteiger partial charge is 0.477 e. The number of nitrogens with zero attached hydrogens (tertiary/aromatic N) is 3. The molecule has 1 aliphatic rings. The van der Waals surface area contributed by atoms with Crippen molar-refractivity contribution in [1.29, 1.82) is 0 Å². The number of carbonyl (C=O) groups is 2. The van der Waals surface area contributed by atoms with E-state index in [1.807, 2.05) is 29.8 Å². The third-order valence-electron chi connectivity index (χ3n) is 4.69. The van der Waals surface area contributed by atoms with Crippen LogP contribution < -0.4 is 15.4 Å². The lowest BCUT2D eigenvalue weighted by atomic mass is 10.1. The van der Waals surface area contributed by atoms with Crippen LogP contribution in [0, 0.1) is 12.8 Å². The quantitative estimate of drug-likeness (QED) is 0.732. The smallest absolute Gasteiger partial charge is 0.268 e. The Kier molecular flexibility index (Phi) is 4.58. The highest BCUT2D eigenvalue weighted by Crippen LogP contribution is 2.36. The molecule has 3 heterocycles. The summed E-state index contributed by atoms with van der Waals surface area (Å²) in [5, 5.41) is 5.58. The molecule has 0 bridgehead atoms. The summed E-state index contributed by atoms with van der Waals surface area (Å²) in [5.74, 6) is 0.172. The molecule has 2 amide bonds. The number of carbonyl (C=O) groups excluding carboxylic acids is 2. The number of hydrogen-bond donors (Lipinski definition) is 1. The highest BCUT2D eigenvalue weighted by atomic mass is 32.1. The van der Waals surface area contributed by atoms with Crippen molar-refractivity contribution < 1.29 is 14.3 Å². The predicted octanol–water partition coefficient (Wildman–Crippen LogP) is 2.96. The van der Waals surface area contributed by atoms with Crippen LogP contribution in [0.4, 0.5) is 5.69 Å². The van der Waals surface area contributed by atoms with Gasteiger partial charge in [0.15, 0.2) is 6.10 Å². The van der Waals surface area contributed by atoms with Crippen molar-refractivity contribution in [2.45, 2.75) is 33.4 Å². The normalized spacial score (nSPS) is 16.3. The molecular formula is C20H22N4O3S. The van der Waals surface area contributed by atoms with Crippen molar-refractivity contribution in [3.63, 3.8) is 0 Å². The van der Waals surface area contributed by atoms with Crippen LogP contribution in [0.2, 0.25) is 0 Å². The molecule has 2 N–H and O–H groups in total. The van der Waals surface area contributed by atoms with Gasteiger partial charge in [-0.1, -0.05) is 26.0 Å². The second-order valence-corrected chi connectivity index (χ2v) is 8.41. The minimum Gasteiger partial charge on any atom is -0.477 e. The Morgan fingerprint density at radius 3 is 2.82 bits per heavy atom. The van der Waals surface area contributed by atoms with Gasteiger partial charge in [-0.05, 0) is 31.0 Å². The number of thiophene rings is 1. The number of benzene rings is 1. The van der Waals surface area contributed by atoms with Crippen LogP contribution in [-0.4, -0.2) is 34.2 Å². The van der Waals surface area contributed by atoms with E-state index < -0.39 is 12.0 Å². The first-order valence-corrected chi connectivity index (χ1v) is 10.0. The molecule has 0 unspecified atom stereocenters. The van der Waals surface area contributed by atoms with Crippen molar-refractivity contribution in [3.05, 3.63) is 40.9 Å². The molecule has 1 aliphatic heterocycles. The summed E-state index contributed by atoms with van der Waals surface area (Å²) in [6.45, 7) is 7.11. The Morgan fingerprint density at radius 2 is 2.11 bits per heavy atom. The first-order chi connectivity index (χ1) is 13.3. The topological polar surface area (TPSA) is 90.5 Å². The predicted molar refractivity (Wildman–Crippen MR) is 109 cm³/mol. The van der Waals surface area contributed by atoms with Gasteiger partial charge >= 0.3 is 0 Å². The van der Waals surface area contributed by atoms with Gasteiger partial charge in [-0.3, -0.25) is 19.2 Å². The Labute approximate surface area is 166 Å². The molecule has 0 aliphatic carbocycles. The molecule has 1 atom stereocenters. The molecule has 146 valence electrons. The summed E-state index contributed by atoms with van der Waals surface area (Å²) in [4.78, 5) is 28.2. The summed E-state index contributed by atoms with van der Waals surface area (Å²) in [6.07, 6.45) is -0.869. The van der Waals surface area contributed by atoms with Gasteiger partial charge in [-0.2, -0.15) is 5.10 Å². The van der Waals surface area contributed by atoms with Gasteiger partial charge in [-0.15, -0.1) is 11.3 Å². The number of ether oxygens (including phenoxy) is 1. The minimum atomic E-state index is -0.869. The highest BCUT2D eigenvalue weighted by molar-refractivity contribution is 7.20. The highest BCUT2D eigenvalue weighted by Gasteiger charge is 2.34. The Balaban J connectivity index is 1.73. The van der Waals surface area contributed by atoms with E-state index in [0.29, 0.717) is 22.2 Å². The maximum Gasteiger partial charge on any atom is 0.268 e. The van der Waals surface area contributed by atoms with Gasteiger partial charge in [0.2, 0.25) is 0 Å². The number of fused-ring (bicyclic) bond motifs is 2. The number of amides is 2. The van der Waals surface area contributed by atoms with Gasteiger partial charge < -0.3 is 10.5 Å². The number of hydrogen-bond acceptors (Lipinski definition) is 5. The third-order valence-corrected chi connectivity index (χ3v) is 5.83. The molecule has 4 rings (SSSR count). The molecule has 0 saturated carbocycles. The van der Waals surface area contributed by atoms with Gasteiger partial charge in [0.1, 0.15) is 10.6 Å². The minimum absolute atomic E-state index is 0.0938. The molecular weight excluding hydrogens is 376 g/mol. The Bertz CT molecular complexity index is 1070. The number of aryl methyl sites for hydroxylation is 1. The molecule has 3 aromatic rings. The Hall–Kier alpha value is -2.87. The first-order valence-electron chi connectivity index (χ1n) is 9.19. The number of anilines is 1. The van der Waals surface area contributed by atoms with Crippen LogP contribution in [0.1, 0.15) is 29.2 Å². The average Bonchev–Trinajstić information content (AvgIpc) is 3.21. The summed E-state index contributed by atoms with van der Waals surface area (Å²) in [5.41, 5.74) is 6.99. The van der Waals surface area contributed by atoms with Crippen LogP contribution in [0.25, 0.3) is 10.2 Å². The number of aromatic nitrogens is 2. The summed E-state index contributed by atoms with van der Waals surface area (Å²) >= 11 is 1.43. The molecule has 0 radical (unpaired) electrons. The summed E-state index contributed by atoms with van der Waals surface area (Å²) in [6, 6.07) is 9.07. The van der Waals surface area contributed by atoms with Crippen LogP contribution in [-0.2, 0) is 11.3 Å². The zero-order valence-electron chi connectivity index (χ0n) is 16.0. The zero-order valence-corrected chi connectivity index (χ0v) is 16.8. The number of nitrogens with two attached hydrogens (primary N) is 1. The van der Waals surface area contributed by atoms with Crippen molar-refractivity contribution in [2.75, 3.05) is 11.4 Å². The lowest BCUT2D eigenvalue weighted by Gasteiger charge is -2.33. The lowest BCUT2D eigenvalue weighted by Crippen LogP contribution is -2.49. The second-order valence-electron chi connectivity index (χ2n) is 7.38. The molecule has 0 spiro atoms. The fourth-order valence-electron chi connectivity index (χ4n) is 3.40. The van der Waals surface area contributed by atoms with Crippen molar-refractivity contribution >= 4 is 39.1 Å². The monoisotopic (exact) mass is 398 g/mol. The molecule has 7 nitrogen and oxygen atoms in total. The van der Waals surface area contributed by atoms with E-state index in [1.165, 1.54) is 11.3 Å². The average molecular weight is 398 g/mol. The second kappa shape index (κ2) is 6.94. The number of primary amides is 1. The standard InChI is InChI=1S/C20H22N4O3S/c1-11(2)9-24-20-13(12(3)22-24)8-17(28-20)19(26)23-10-16(18(21)25)27-15-7-5-4-6-14(15)23/h4-8,11,16H,9-10H2,1-3H3,(H2,21,25)/t16-/m0/s1. The van der Waals surface area contributed by atoms with E-state index in [-0.39, 0.29) is 12.5 Å². The summed E-state index contributed by atoms with van der Waals surface area (Å²) in [7, 11) is 0. The Morgan fingerprint density at radius 1 is 1.36 bits per heavy atom. The van der Waals surface area contributed by atoms with E-state index in [4.69, 9.17) is 10.5 Å². The van der Waals surface area contributed by atoms with Crippen LogP contribution in [0.3, 0.4) is 0 Å². The molecule has 8 heteroatoms. The maximum absolute atomic E-state index is 13.3. The molecule has 1 aromatic carbocycles. The van der Waals surface area contributed by atoms with E-state index in [0.717, 1.165) is 22.5 Å². The fourth-order valence-corrected chi connectivity index (χ4v) is 4.52. The fraction of sp³-hybridized carbons (Fsp3) is 0.350. The van der Waals surface area contributed by atoms with Gasteiger partial charge in [0.05, 0.1) is 22.8 Å². The van der Waals surface area contributed by atoms with Crippen LogP contribution in [0.5, 0.6) is 5.75 Å². The van der Waals surface area contributed by atoms with Gasteiger partial charge in [0, 0.05) is 11.9 Å². The molecule has 0 fully saturated rings. The number of para-hydroxylation sites is 2. The van der Waals surface area contributed by atoms with Gasteiger partial charge in [-0.25, -0.2) is 0 Å². The number of rotatable bonds is 4. The first kappa shape index (κ1) is 18.5. The van der Waals surface area contributed by atoms with Crippen molar-refractivity contribution in [2.24, 2.45) is 11.7 Å². The molecule has 0 saturated heterocycles. The van der Waals surface area contributed by atoms with Gasteiger partial charge in [0.25, 0.3) is 11.8 Å².